The lowest BCUT2D eigenvalue weighted by atomic mass is 10.3. The van der Waals surface area contributed by atoms with Crippen molar-refractivity contribution in [2.45, 2.75) is 19.9 Å². The quantitative estimate of drug-likeness (QED) is 0.674. The number of rotatable bonds is 3. The number of aromatic nitrogens is 2. The van der Waals surface area contributed by atoms with Gasteiger partial charge in [0.2, 0.25) is 0 Å². The number of aryl methyl sites for hydroxylation is 1. The molecule has 0 bridgehead atoms. The summed E-state index contributed by atoms with van der Waals surface area (Å²) in [5.74, 6) is 0. The Morgan fingerprint density at radius 2 is 2.21 bits per heavy atom. The van der Waals surface area contributed by atoms with Crippen LogP contribution in [0.1, 0.15) is 13.3 Å². The van der Waals surface area contributed by atoms with Crippen LogP contribution in [0.2, 0.25) is 0 Å². The molecule has 1 aromatic carbocycles. The van der Waals surface area contributed by atoms with Crippen LogP contribution >= 0.6 is 0 Å². The predicted molar refractivity (Wildman–Crippen MR) is 59.2 cm³/mol. The van der Waals surface area contributed by atoms with Gasteiger partial charge in [0.15, 0.2) is 0 Å². The van der Waals surface area contributed by atoms with Crippen molar-refractivity contribution in [3.63, 3.8) is 0 Å². The number of benzene rings is 1. The van der Waals surface area contributed by atoms with Crippen molar-refractivity contribution in [3.05, 3.63) is 42.7 Å². The van der Waals surface area contributed by atoms with Crippen LogP contribution in [-0.2, 0) is 6.54 Å². The van der Waals surface area contributed by atoms with E-state index in [-0.39, 0.29) is 0 Å². The molecule has 2 heteroatoms. The third-order valence-electron chi connectivity index (χ3n) is 2.30. The molecule has 0 saturated carbocycles. The largest absolute Gasteiger partial charge is 0.330 e. The Bertz CT molecular complexity index is 440. The minimum Gasteiger partial charge on any atom is -0.330 e. The molecule has 2 nitrogen and oxygen atoms in total. The van der Waals surface area contributed by atoms with Crippen LogP contribution in [0.5, 0.6) is 0 Å². The molecule has 0 fully saturated rings. The Balaban J connectivity index is 2.25. The average Bonchev–Trinajstić information content (AvgIpc) is 2.63. The molecule has 0 aliphatic rings. The topological polar surface area (TPSA) is 17.8 Å². The van der Waals surface area contributed by atoms with Crippen molar-refractivity contribution in [2.24, 2.45) is 0 Å². The molecule has 2 aromatic rings. The third kappa shape index (κ3) is 1.69. The normalized spacial score (nSPS) is 11.5. The number of para-hydroxylation sites is 2. The molecule has 0 spiro atoms. The molecule has 72 valence electrons. The van der Waals surface area contributed by atoms with Gasteiger partial charge in [0.1, 0.15) is 0 Å². The van der Waals surface area contributed by atoms with Crippen molar-refractivity contribution < 1.29 is 0 Å². The minimum atomic E-state index is 1.00. The summed E-state index contributed by atoms with van der Waals surface area (Å²) in [7, 11) is 0. The summed E-state index contributed by atoms with van der Waals surface area (Å²) in [6.07, 6.45) is 7.24. The van der Waals surface area contributed by atoms with Crippen LogP contribution in [0.4, 0.5) is 0 Å². The van der Waals surface area contributed by atoms with Gasteiger partial charge in [-0.1, -0.05) is 24.3 Å². The number of hydrogen-bond donors (Lipinski definition) is 0. The first-order valence-electron chi connectivity index (χ1n) is 4.93. The summed E-state index contributed by atoms with van der Waals surface area (Å²) >= 11 is 0. The molecule has 0 saturated heterocycles. The fourth-order valence-electron chi connectivity index (χ4n) is 1.57. The van der Waals surface area contributed by atoms with Gasteiger partial charge in [-0.2, -0.15) is 0 Å². The maximum absolute atomic E-state index is 4.34. The van der Waals surface area contributed by atoms with Crippen LogP contribution in [-0.4, -0.2) is 9.55 Å². The number of hydrogen-bond acceptors (Lipinski definition) is 1. The molecule has 0 aliphatic heterocycles. The van der Waals surface area contributed by atoms with Crippen LogP contribution in [0.15, 0.2) is 42.7 Å². The smallest absolute Gasteiger partial charge is 0.0958 e. The molecule has 0 aliphatic carbocycles. The zero-order valence-electron chi connectivity index (χ0n) is 8.35. The highest BCUT2D eigenvalue weighted by molar-refractivity contribution is 5.74. The van der Waals surface area contributed by atoms with E-state index in [0.717, 1.165) is 18.5 Å². The molecule has 0 unspecified atom stereocenters. The zero-order chi connectivity index (χ0) is 9.80. The second kappa shape index (κ2) is 4.09. The second-order valence-electron chi connectivity index (χ2n) is 3.28. The van der Waals surface area contributed by atoms with Crippen LogP contribution < -0.4 is 0 Å². The fourth-order valence-corrected chi connectivity index (χ4v) is 1.57. The van der Waals surface area contributed by atoms with Crippen LogP contribution in [0, 0.1) is 0 Å². The second-order valence-corrected chi connectivity index (χ2v) is 3.28. The van der Waals surface area contributed by atoms with E-state index in [1.807, 2.05) is 25.4 Å². The summed E-state index contributed by atoms with van der Waals surface area (Å²) in [6.45, 7) is 3.05. The van der Waals surface area contributed by atoms with Crippen molar-refractivity contribution in [1.82, 2.24) is 9.55 Å². The average molecular weight is 186 g/mol. The van der Waals surface area contributed by atoms with E-state index in [4.69, 9.17) is 0 Å². The Kier molecular flexibility index (Phi) is 2.63. The highest BCUT2D eigenvalue weighted by Crippen LogP contribution is 2.11. The SMILES string of the molecule is C/C=C/CCn1cnc2ccccc21. The number of nitrogens with zero attached hydrogens (tertiary/aromatic N) is 2. The lowest BCUT2D eigenvalue weighted by Crippen LogP contribution is -1.93. The minimum absolute atomic E-state index is 1.00. The summed E-state index contributed by atoms with van der Waals surface area (Å²) < 4.78 is 2.19. The van der Waals surface area contributed by atoms with E-state index in [9.17, 15) is 0 Å². The third-order valence-corrected chi connectivity index (χ3v) is 2.30. The van der Waals surface area contributed by atoms with Gasteiger partial charge in [-0.15, -0.1) is 0 Å². The van der Waals surface area contributed by atoms with Crippen LogP contribution in [0.3, 0.4) is 0 Å². The van der Waals surface area contributed by atoms with Crippen molar-refractivity contribution in [2.75, 3.05) is 0 Å². The summed E-state index contributed by atoms with van der Waals surface area (Å²) in [5.41, 5.74) is 2.30. The van der Waals surface area contributed by atoms with E-state index in [1.165, 1.54) is 5.52 Å². The van der Waals surface area contributed by atoms with E-state index in [2.05, 4.69) is 33.8 Å². The molecule has 0 atom stereocenters. The lowest BCUT2D eigenvalue weighted by Gasteiger charge is -2.00. The Morgan fingerprint density at radius 1 is 1.36 bits per heavy atom. The highest BCUT2D eigenvalue weighted by atomic mass is 15.0. The monoisotopic (exact) mass is 186 g/mol. The van der Waals surface area contributed by atoms with E-state index >= 15 is 0 Å². The number of fused-ring (bicyclic) bond motifs is 1. The fraction of sp³-hybridized carbons (Fsp3) is 0.250. The molecular weight excluding hydrogens is 172 g/mol. The maximum atomic E-state index is 4.34. The molecule has 0 N–H and O–H groups in total. The van der Waals surface area contributed by atoms with Crippen molar-refractivity contribution in [3.8, 4) is 0 Å². The van der Waals surface area contributed by atoms with E-state index in [0.29, 0.717) is 0 Å². The summed E-state index contributed by atoms with van der Waals surface area (Å²) in [4.78, 5) is 4.34. The molecule has 2 rings (SSSR count). The summed E-state index contributed by atoms with van der Waals surface area (Å²) in [6, 6.07) is 8.22. The molecule has 1 heterocycles. The van der Waals surface area contributed by atoms with Gasteiger partial charge >= 0.3 is 0 Å². The van der Waals surface area contributed by atoms with Gasteiger partial charge in [-0.05, 0) is 25.5 Å². The van der Waals surface area contributed by atoms with E-state index < -0.39 is 0 Å². The first-order chi connectivity index (χ1) is 6.92. The standard InChI is InChI=1S/C12H14N2/c1-2-3-6-9-14-10-13-11-7-4-5-8-12(11)14/h2-5,7-8,10H,6,9H2,1H3/b3-2+. The maximum Gasteiger partial charge on any atom is 0.0958 e. The lowest BCUT2D eigenvalue weighted by molar-refractivity contribution is 0.730. The molecular formula is C12H14N2. The van der Waals surface area contributed by atoms with Crippen LogP contribution in [0.25, 0.3) is 11.0 Å². The van der Waals surface area contributed by atoms with Gasteiger partial charge in [0, 0.05) is 6.54 Å². The van der Waals surface area contributed by atoms with Gasteiger partial charge in [0.05, 0.1) is 17.4 Å². The zero-order valence-corrected chi connectivity index (χ0v) is 8.35. The van der Waals surface area contributed by atoms with Gasteiger partial charge < -0.3 is 4.57 Å². The van der Waals surface area contributed by atoms with Gasteiger partial charge in [-0.3, -0.25) is 0 Å². The number of imidazole rings is 1. The molecule has 14 heavy (non-hydrogen) atoms. The molecule has 1 aromatic heterocycles. The Hall–Kier alpha value is -1.57. The van der Waals surface area contributed by atoms with Gasteiger partial charge in [0.25, 0.3) is 0 Å². The Labute approximate surface area is 83.9 Å². The van der Waals surface area contributed by atoms with Crippen molar-refractivity contribution >= 4 is 11.0 Å². The van der Waals surface area contributed by atoms with Gasteiger partial charge in [-0.25, -0.2) is 4.98 Å². The summed E-state index contributed by atoms with van der Waals surface area (Å²) in [5, 5.41) is 0. The molecule has 0 amide bonds. The number of allylic oxidation sites excluding steroid dienone is 2. The first kappa shape index (κ1) is 9.00. The predicted octanol–water partition coefficient (Wildman–Crippen LogP) is 3.00. The highest BCUT2D eigenvalue weighted by Gasteiger charge is 1.98. The Morgan fingerprint density at radius 3 is 3.07 bits per heavy atom. The van der Waals surface area contributed by atoms with Crippen molar-refractivity contribution in [1.29, 1.82) is 0 Å². The first-order valence-corrected chi connectivity index (χ1v) is 4.93. The van der Waals surface area contributed by atoms with E-state index in [1.54, 1.807) is 0 Å². The molecule has 0 radical (unpaired) electrons.